The molecule has 0 atom stereocenters. The van der Waals surface area contributed by atoms with Crippen molar-refractivity contribution in [2.24, 2.45) is 0 Å². The van der Waals surface area contributed by atoms with Crippen molar-refractivity contribution >= 4 is 17.0 Å². The lowest BCUT2D eigenvalue weighted by Crippen LogP contribution is -2.49. The van der Waals surface area contributed by atoms with Crippen molar-refractivity contribution in [3.8, 4) is 11.3 Å². The van der Waals surface area contributed by atoms with Crippen LogP contribution in [-0.4, -0.2) is 80.5 Å². The number of nitrogens with one attached hydrogen (secondary N) is 1. The summed E-state index contributed by atoms with van der Waals surface area (Å²) in [6.07, 6.45) is 9.95. The summed E-state index contributed by atoms with van der Waals surface area (Å²) in [7, 11) is 2.22. The molecular weight excluding hydrogens is 462 g/mol. The van der Waals surface area contributed by atoms with Crippen molar-refractivity contribution in [1.82, 2.24) is 29.5 Å². The SMILES string of the molecule is CCCCNc1ncc2c(-c3ccc(C4(N5CCN(C)CC5)CC4)cc3)nn(C3CCC(O)CC3)c2n1. The number of anilines is 1. The highest BCUT2D eigenvalue weighted by Gasteiger charge is 2.49. The molecule has 0 unspecified atom stereocenters. The molecule has 3 fully saturated rings. The van der Waals surface area contributed by atoms with Crippen LogP contribution in [0.2, 0.25) is 0 Å². The van der Waals surface area contributed by atoms with E-state index in [1.165, 1.54) is 18.4 Å². The lowest BCUT2D eigenvalue weighted by molar-refractivity contribution is 0.0976. The molecule has 2 aliphatic carbocycles. The number of likely N-dealkylation sites (N-methyl/N-ethyl adjacent to an activating group) is 1. The second-order valence-electron chi connectivity index (χ2n) is 11.4. The van der Waals surface area contributed by atoms with Crippen molar-refractivity contribution < 1.29 is 5.11 Å². The number of aromatic nitrogens is 4. The summed E-state index contributed by atoms with van der Waals surface area (Å²) in [5.74, 6) is 0.669. The third-order valence-electron chi connectivity index (χ3n) is 8.80. The number of aliphatic hydroxyl groups is 1. The third kappa shape index (κ3) is 4.87. The molecule has 6 rings (SSSR count). The van der Waals surface area contributed by atoms with Crippen LogP contribution in [0.1, 0.15) is 69.9 Å². The van der Waals surface area contributed by atoms with Crippen LogP contribution in [0.5, 0.6) is 0 Å². The van der Waals surface area contributed by atoms with Gasteiger partial charge in [-0.05, 0) is 57.6 Å². The van der Waals surface area contributed by atoms with Gasteiger partial charge in [0.1, 0.15) is 5.69 Å². The molecule has 0 amide bonds. The van der Waals surface area contributed by atoms with Crippen LogP contribution in [0.4, 0.5) is 5.95 Å². The van der Waals surface area contributed by atoms with E-state index >= 15 is 0 Å². The zero-order chi connectivity index (χ0) is 25.4. The summed E-state index contributed by atoms with van der Waals surface area (Å²) in [5.41, 5.74) is 4.63. The first-order valence-electron chi connectivity index (χ1n) is 14.3. The molecule has 1 saturated heterocycles. The lowest BCUT2D eigenvalue weighted by Gasteiger charge is -2.38. The average molecular weight is 504 g/mol. The maximum atomic E-state index is 10.1. The Morgan fingerprint density at radius 2 is 1.76 bits per heavy atom. The first-order chi connectivity index (χ1) is 18.1. The third-order valence-corrected chi connectivity index (χ3v) is 8.80. The van der Waals surface area contributed by atoms with Gasteiger partial charge in [-0.25, -0.2) is 9.67 Å². The number of aliphatic hydroxyl groups excluding tert-OH is 1. The molecular formula is C29H41N7O. The van der Waals surface area contributed by atoms with E-state index in [1.54, 1.807) is 0 Å². The van der Waals surface area contributed by atoms with Crippen LogP contribution in [-0.2, 0) is 5.54 Å². The Morgan fingerprint density at radius 3 is 2.43 bits per heavy atom. The van der Waals surface area contributed by atoms with Crippen LogP contribution in [0, 0.1) is 0 Å². The van der Waals surface area contributed by atoms with Crippen LogP contribution in [0.15, 0.2) is 30.5 Å². The molecule has 2 aromatic heterocycles. The van der Waals surface area contributed by atoms with Crippen molar-refractivity contribution in [1.29, 1.82) is 0 Å². The van der Waals surface area contributed by atoms with Gasteiger partial charge in [0.2, 0.25) is 5.95 Å². The number of unbranched alkanes of at least 4 members (excludes halogenated alkanes) is 1. The molecule has 1 aliphatic heterocycles. The smallest absolute Gasteiger partial charge is 0.224 e. The number of piperazine rings is 1. The molecule has 2 saturated carbocycles. The molecule has 3 aliphatic rings. The van der Waals surface area contributed by atoms with Crippen molar-refractivity contribution in [3.05, 3.63) is 36.0 Å². The highest BCUT2D eigenvalue weighted by molar-refractivity contribution is 5.91. The largest absolute Gasteiger partial charge is 0.393 e. The highest BCUT2D eigenvalue weighted by Crippen LogP contribution is 2.51. The topological polar surface area (TPSA) is 82.3 Å². The van der Waals surface area contributed by atoms with Crippen molar-refractivity contribution in [2.45, 2.75) is 76.0 Å². The minimum absolute atomic E-state index is 0.193. The molecule has 3 aromatic rings. The Balaban J connectivity index is 1.31. The van der Waals surface area contributed by atoms with Gasteiger partial charge in [0, 0.05) is 50.0 Å². The molecule has 0 spiro atoms. The van der Waals surface area contributed by atoms with E-state index in [1.807, 2.05) is 6.20 Å². The van der Waals surface area contributed by atoms with E-state index < -0.39 is 0 Å². The van der Waals surface area contributed by atoms with Crippen molar-refractivity contribution in [3.63, 3.8) is 0 Å². The predicted octanol–water partition coefficient (Wildman–Crippen LogP) is 4.42. The minimum atomic E-state index is -0.193. The maximum Gasteiger partial charge on any atom is 0.224 e. The number of rotatable bonds is 8. The fourth-order valence-corrected chi connectivity index (χ4v) is 6.23. The standard InChI is InChI=1S/C29H41N7O/c1-3-4-15-30-28-31-20-25-26(33-36(27(25)32-28)23-9-11-24(37)12-10-23)21-5-7-22(8-6-21)29(13-14-29)35-18-16-34(2)17-19-35/h5-8,20,23-24,37H,3-4,9-19H2,1-2H3,(H,30,31,32). The number of hydrogen-bond donors (Lipinski definition) is 2. The van der Waals surface area contributed by atoms with Crippen LogP contribution in [0.25, 0.3) is 22.3 Å². The van der Waals surface area contributed by atoms with E-state index in [2.05, 4.69) is 63.0 Å². The van der Waals surface area contributed by atoms with E-state index in [-0.39, 0.29) is 17.7 Å². The molecule has 0 bridgehead atoms. The van der Waals surface area contributed by atoms with Gasteiger partial charge in [-0.2, -0.15) is 10.1 Å². The summed E-state index contributed by atoms with van der Waals surface area (Å²) in [4.78, 5) is 14.7. The quantitative estimate of drug-likeness (QED) is 0.441. The fraction of sp³-hybridized carbons (Fsp3) is 0.621. The van der Waals surface area contributed by atoms with Gasteiger partial charge in [0.15, 0.2) is 5.65 Å². The Hall–Kier alpha value is -2.55. The minimum Gasteiger partial charge on any atom is -0.393 e. The highest BCUT2D eigenvalue weighted by atomic mass is 16.3. The molecule has 0 radical (unpaired) electrons. The van der Waals surface area contributed by atoms with Gasteiger partial charge in [-0.15, -0.1) is 0 Å². The van der Waals surface area contributed by atoms with Gasteiger partial charge in [0.25, 0.3) is 0 Å². The first kappa shape index (κ1) is 24.8. The molecule has 37 heavy (non-hydrogen) atoms. The lowest BCUT2D eigenvalue weighted by atomic mass is 9.93. The summed E-state index contributed by atoms with van der Waals surface area (Å²) in [5, 5.41) is 19.6. The Kier molecular flexibility index (Phi) is 6.90. The van der Waals surface area contributed by atoms with Gasteiger partial charge in [0.05, 0.1) is 17.5 Å². The van der Waals surface area contributed by atoms with Gasteiger partial charge in [-0.3, -0.25) is 4.90 Å². The Morgan fingerprint density at radius 1 is 1.03 bits per heavy atom. The second kappa shape index (κ2) is 10.3. The van der Waals surface area contributed by atoms with Crippen LogP contribution >= 0.6 is 0 Å². The fourth-order valence-electron chi connectivity index (χ4n) is 6.23. The zero-order valence-electron chi connectivity index (χ0n) is 22.4. The average Bonchev–Trinajstić information content (AvgIpc) is 3.65. The molecule has 1 aromatic carbocycles. The van der Waals surface area contributed by atoms with E-state index in [0.29, 0.717) is 5.95 Å². The van der Waals surface area contributed by atoms with Gasteiger partial charge in [-0.1, -0.05) is 37.6 Å². The van der Waals surface area contributed by atoms with E-state index in [4.69, 9.17) is 10.1 Å². The molecule has 8 nitrogen and oxygen atoms in total. The molecule has 198 valence electrons. The number of hydrogen-bond acceptors (Lipinski definition) is 7. The van der Waals surface area contributed by atoms with E-state index in [9.17, 15) is 5.11 Å². The number of nitrogens with zero attached hydrogens (tertiary/aromatic N) is 6. The van der Waals surface area contributed by atoms with Gasteiger partial charge < -0.3 is 15.3 Å². The zero-order valence-corrected chi connectivity index (χ0v) is 22.4. The molecule has 2 N–H and O–H groups in total. The Bertz CT molecular complexity index is 1200. The van der Waals surface area contributed by atoms with Crippen LogP contribution in [0.3, 0.4) is 0 Å². The monoisotopic (exact) mass is 503 g/mol. The molecule has 3 heterocycles. The van der Waals surface area contributed by atoms with Gasteiger partial charge >= 0.3 is 0 Å². The van der Waals surface area contributed by atoms with Crippen molar-refractivity contribution in [2.75, 3.05) is 45.1 Å². The predicted molar refractivity (Wildman–Crippen MR) is 148 cm³/mol. The first-order valence-corrected chi connectivity index (χ1v) is 14.3. The Labute approximate surface area is 220 Å². The summed E-state index contributed by atoms with van der Waals surface area (Å²) in [6.45, 7) is 7.65. The second-order valence-corrected chi connectivity index (χ2v) is 11.4. The number of benzene rings is 1. The maximum absolute atomic E-state index is 10.1. The normalized spacial score (nSPS) is 24.4. The van der Waals surface area contributed by atoms with Crippen LogP contribution < -0.4 is 5.32 Å². The summed E-state index contributed by atoms with van der Waals surface area (Å²) in [6, 6.07) is 9.39. The van der Waals surface area contributed by atoms with E-state index in [0.717, 1.165) is 93.5 Å². The summed E-state index contributed by atoms with van der Waals surface area (Å²) < 4.78 is 2.11. The number of fused-ring (bicyclic) bond motifs is 1. The molecule has 8 heteroatoms. The summed E-state index contributed by atoms with van der Waals surface area (Å²) >= 11 is 0.